The molecule has 1 aliphatic carbocycles. The predicted molar refractivity (Wildman–Crippen MR) is 82.6 cm³/mol. The summed E-state index contributed by atoms with van der Waals surface area (Å²) in [5.41, 5.74) is 2.25. The number of fused-ring (bicyclic) bond motifs is 1. The third-order valence-corrected chi connectivity index (χ3v) is 4.77. The molecule has 0 bridgehead atoms. The van der Waals surface area contributed by atoms with E-state index in [9.17, 15) is 5.11 Å². The van der Waals surface area contributed by atoms with Crippen LogP contribution in [0.25, 0.3) is 10.9 Å². The van der Waals surface area contributed by atoms with Crippen LogP contribution in [0.5, 0.6) is 0 Å². The molecule has 1 unspecified atom stereocenters. The summed E-state index contributed by atoms with van der Waals surface area (Å²) in [7, 11) is 0. The number of benzene rings is 1. The second-order valence-corrected chi connectivity index (χ2v) is 6.28. The van der Waals surface area contributed by atoms with E-state index in [0.717, 1.165) is 17.9 Å². The lowest BCUT2D eigenvalue weighted by Crippen LogP contribution is -2.27. The minimum Gasteiger partial charge on any atom is -0.392 e. The lowest BCUT2D eigenvalue weighted by molar-refractivity contribution is 0.0763. The van der Waals surface area contributed by atoms with Gasteiger partial charge in [0.2, 0.25) is 0 Å². The van der Waals surface area contributed by atoms with E-state index in [1.165, 1.54) is 36.6 Å². The van der Waals surface area contributed by atoms with Crippen molar-refractivity contribution >= 4 is 10.9 Å². The molecule has 0 saturated heterocycles. The van der Waals surface area contributed by atoms with Crippen molar-refractivity contribution in [1.82, 2.24) is 4.98 Å². The fraction of sp³-hybridized carbons (Fsp3) is 0.500. The SMILES string of the molecule is CC1CCC(C(O)Cc2ccnc3ccccc23)CC1. The normalized spacial score (nSPS) is 24.7. The van der Waals surface area contributed by atoms with Crippen molar-refractivity contribution in [3.8, 4) is 0 Å². The molecule has 1 fully saturated rings. The topological polar surface area (TPSA) is 33.1 Å². The van der Waals surface area contributed by atoms with Crippen molar-refractivity contribution < 1.29 is 5.11 Å². The Bertz CT molecular complexity index is 567. The minimum atomic E-state index is -0.215. The van der Waals surface area contributed by atoms with Gasteiger partial charge in [-0.15, -0.1) is 0 Å². The fourth-order valence-electron chi connectivity index (χ4n) is 3.40. The molecule has 2 aromatic rings. The second-order valence-electron chi connectivity index (χ2n) is 6.28. The lowest BCUT2D eigenvalue weighted by Gasteiger charge is -2.30. The van der Waals surface area contributed by atoms with Gasteiger partial charge in [0.05, 0.1) is 11.6 Å². The number of hydrogen-bond donors (Lipinski definition) is 1. The molecule has 1 N–H and O–H groups in total. The molecule has 0 radical (unpaired) electrons. The highest BCUT2D eigenvalue weighted by Crippen LogP contribution is 2.32. The number of para-hydroxylation sites is 1. The smallest absolute Gasteiger partial charge is 0.0704 e. The van der Waals surface area contributed by atoms with Gasteiger partial charge < -0.3 is 5.11 Å². The first-order chi connectivity index (χ1) is 9.74. The molecular formula is C18H23NO. The molecule has 0 spiro atoms. The van der Waals surface area contributed by atoms with Crippen LogP contribution >= 0.6 is 0 Å². The first-order valence-electron chi connectivity index (χ1n) is 7.74. The van der Waals surface area contributed by atoms with E-state index in [2.05, 4.69) is 24.0 Å². The second kappa shape index (κ2) is 5.92. The average molecular weight is 269 g/mol. The van der Waals surface area contributed by atoms with Crippen LogP contribution in [-0.4, -0.2) is 16.2 Å². The lowest BCUT2D eigenvalue weighted by atomic mass is 9.79. The number of aliphatic hydroxyl groups is 1. The Morgan fingerprint density at radius 3 is 2.70 bits per heavy atom. The van der Waals surface area contributed by atoms with E-state index in [0.29, 0.717) is 5.92 Å². The Morgan fingerprint density at radius 1 is 1.15 bits per heavy atom. The number of hydrogen-bond acceptors (Lipinski definition) is 2. The summed E-state index contributed by atoms with van der Waals surface area (Å²) in [6, 6.07) is 10.2. The predicted octanol–water partition coefficient (Wildman–Crippen LogP) is 3.96. The van der Waals surface area contributed by atoms with Crippen molar-refractivity contribution in [3.05, 3.63) is 42.1 Å². The zero-order valence-corrected chi connectivity index (χ0v) is 12.1. The molecule has 2 heteroatoms. The van der Waals surface area contributed by atoms with Gasteiger partial charge in [0, 0.05) is 11.6 Å². The Labute approximate surface area is 120 Å². The van der Waals surface area contributed by atoms with E-state index < -0.39 is 0 Å². The number of pyridine rings is 1. The monoisotopic (exact) mass is 269 g/mol. The molecule has 0 amide bonds. The molecule has 1 aliphatic rings. The highest BCUT2D eigenvalue weighted by atomic mass is 16.3. The summed E-state index contributed by atoms with van der Waals surface area (Å²) < 4.78 is 0. The van der Waals surface area contributed by atoms with Crippen molar-refractivity contribution in [1.29, 1.82) is 0 Å². The third-order valence-electron chi connectivity index (χ3n) is 4.77. The van der Waals surface area contributed by atoms with Gasteiger partial charge in [0.1, 0.15) is 0 Å². The quantitative estimate of drug-likeness (QED) is 0.914. The van der Waals surface area contributed by atoms with Crippen LogP contribution in [0.4, 0.5) is 0 Å². The van der Waals surface area contributed by atoms with Crippen LogP contribution in [0.1, 0.15) is 38.2 Å². The molecule has 1 aromatic carbocycles. The van der Waals surface area contributed by atoms with E-state index in [1.807, 2.05) is 24.4 Å². The van der Waals surface area contributed by atoms with Crippen LogP contribution < -0.4 is 0 Å². The van der Waals surface area contributed by atoms with Crippen LogP contribution in [0.2, 0.25) is 0 Å². The maximum Gasteiger partial charge on any atom is 0.0704 e. The van der Waals surface area contributed by atoms with Crippen molar-refractivity contribution in [3.63, 3.8) is 0 Å². The van der Waals surface area contributed by atoms with Gasteiger partial charge in [-0.05, 0) is 48.8 Å². The van der Waals surface area contributed by atoms with E-state index in [-0.39, 0.29) is 6.10 Å². The minimum absolute atomic E-state index is 0.215. The summed E-state index contributed by atoms with van der Waals surface area (Å²) in [5, 5.41) is 11.7. The molecule has 2 nitrogen and oxygen atoms in total. The van der Waals surface area contributed by atoms with Crippen molar-refractivity contribution in [2.24, 2.45) is 11.8 Å². The average Bonchev–Trinajstić information content (AvgIpc) is 2.48. The molecule has 1 aromatic heterocycles. The van der Waals surface area contributed by atoms with E-state index in [1.54, 1.807) is 0 Å². The van der Waals surface area contributed by atoms with Crippen LogP contribution in [0, 0.1) is 11.8 Å². The summed E-state index contributed by atoms with van der Waals surface area (Å²) >= 11 is 0. The molecular weight excluding hydrogens is 246 g/mol. The number of aliphatic hydroxyl groups excluding tert-OH is 1. The van der Waals surface area contributed by atoms with Crippen LogP contribution in [0.15, 0.2) is 36.5 Å². The molecule has 1 atom stereocenters. The van der Waals surface area contributed by atoms with Gasteiger partial charge in [-0.25, -0.2) is 0 Å². The maximum absolute atomic E-state index is 10.6. The van der Waals surface area contributed by atoms with Crippen molar-refractivity contribution in [2.75, 3.05) is 0 Å². The molecule has 0 aliphatic heterocycles. The van der Waals surface area contributed by atoms with Crippen LogP contribution in [0.3, 0.4) is 0 Å². The first kappa shape index (κ1) is 13.6. The summed E-state index contributed by atoms with van der Waals surface area (Å²) in [4.78, 5) is 4.39. The van der Waals surface area contributed by atoms with E-state index in [4.69, 9.17) is 0 Å². The standard InChI is InChI=1S/C18H23NO/c1-13-6-8-14(9-7-13)18(20)12-15-10-11-19-17-5-3-2-4-16(15)17/h2-5,10-11,13-14,18,20H,6-9,12H2,1H3. The molecule has 20 heavy (non-hydrogen) atoms. The summed E-state index contributed by atoms with van der Waals surface area (Å²) in [6.07, 6.45) is 7.26. The largest absolute Gasteiger partial charge is 0.392 e. The highest BCUT2D eigenvalue weighted by molar-refractivity contribution is 5.81. The number of rotatable bonds is 3. The fourth-order valence-corrected chi connectivity index (χ4v) is 3.40. The number of aromatic nitrogens is 1. The Morgan fingerprint density at radius 2 is 1.90 bits per heavy atom. The zero-order chi connectivity index (χ0) is 13.9. The van der Waals surface area contributed by atoms with Crippen LogP contribution in [-0.2, 0) is 6.42 Å². The van der Waals surface area contributed by atoms with Gasteiger partial charge >= 0.3 is 0 Å². The number of nitrogens with zero attached hydrogens (tertiary/aromatic N) is 1. The summed E-state index contributed by atoms with van der Waals surface area (Å²) in [6.45, 7) is 2.32. The third kappa shape index (κ3) is 2.85. The van der Waals surface area contributed by atoms with Gasteiger partial charge in [-0.1, -0.05) is 38.0 Å². The zero-order valence-electron chi connectivity index (χ0n) is 12.1. The van der Waals surface area contributed by atoms with Gasteiger partial charge in [-0.2, -0.15) is 0 Å². The Balaban J connectivity index is 1.76. The molecule has 3 rings (SSSR count). The Kier molecular flexibility index (Phi) is 4.02. The molecule has 1 saturated carbocycles. The van der Waals surface area contributed by atoms with Gasteiger partial charge in [0.25, 0.3) is 0 Å². The Hall–Kier alpha value is -1.41. The van der Waals surface area contributed by atoms with Gasteiger partial charge in [0.15, 0.2) is 0 Å². The highest BCUT2D eigenvalue weighted by Gasteiger charge is 2.25. The van der Waals surface area contributed by atoms with E-state index >= 15 is 0 Å². The molecule has 106 valence electrons. The van der Waals surface area contributed by atoms with Gasteiger partial charge in [-0.3, -0.25) is 4.98 Å². The molecule has 1 heterocycles. The summed E-state index contributed by atoms with van der Waals surface area (Å²) in [5.74, 6) is 1.30. The maximum atomic E-state index is 10.6. The first-order valence-corrected chi connectivity index (χ1v) is 7.74. The van der Waals surface area contributed by atoms with Crippen molar-refractivity contribution in [2.45, 2.75) is 45.1 Å².